The lowest BCUT2D eigenvalue weighted by Gasteiger charge is -2.11. The third-order valence-electron chi connectivity index (χ3n) is 3.59. The van der Waals surface area contributed by atoms with Crippen molar-refractivity contribution >= 4 is 29.0 Å². The number of benzene rings is 1. The van der Waals surface area contributed by atoms with Crippen LogP contribution in [0.1, 0.15) is 17.4 Å². The van der Waals surface area contributed by atoms with Gasteiger partial charge in [0, 0.05) is 11.4 Å². The number of hydrogen-bond donors (Lipinski definition) is 1. The molecule has 2 aromatic heterocycles. The largest absolute Gasteiger partial charge is 0.355 e. The molecular formula is C17H19N5OS2. The molecule has 0 saturated carbocycles. The molecular weight excluding hydrogens is 354 g/mol. The van der Waals surface area contributed by atoms with Gasteiger partial charge >= 0.3 is 0 Å². The van der Waals surface area contributed by atoms with Crippen molar-refractivity contribution in [3.8, 4) is 5.69 Å². The highest BCUT2D eigenvalue weighted by molar-refractivity contribution is 8.00. The maximum Gasteiger partial charge on any atom is 0.233 e. The molecule has 6 nitrogen and oxygen atoms in total. The lowest BCUT2D eigenvalue weighted by molar-refractivity contribution is -0.120. The smallest absolute Gasteiger partial charge is 0.233 e. The molecule has 0 aliphatic carbocycles. The zero-order valence-electron chi connectivity index (χ0n) is 14.0. The predicted molar refractivity (Wildman–Crippen MR) is 100 cm³/mol. The highest BCUT2D eigenvalue weighted by Crippen LogP contribution is 2.23. The molecule has 1 amide bonds. The Morgan fingerprint density at radius 3 is 3.00 bits per heavy atom. The Bertz CT molecular complexity index is 831. The van der Waals surface area contributed by atoms with Crippen molar-refractivity contribution in [3.63, 3.8) is 0 Å². The normalized spacial score (nSPS) is 12.1. The maximum absolute atomic E-state index is 12.3. The Morgan fingerprint density at radius 2 is 2.24 bits per heavy atom. The summed E-state index contributed by atoms with van der Waals surface area (Å²) < 4.78 is 1.66. The monoisotopic (exact) mass is 373 g/mol. The predicted octanol–water partition coefficient (Wildman–Crippen LogP) is 2.87. The van der Waals surface area contributed by atoms with Gasteiger partial charge in [-0.3, -0.25) is 4.79 Å². The van der Waals surface area contributed by atoms with Gasteiger partial charge in [-0.05, 0) is 59.8 Å². The molecule has 8 heteroatoms. The van der Waals surface area contributed by atoms with Gasteiger partial charge in [-0.25, -0.2) is 0 Å². The van der Waals surface area contributed by atoms with E-state index in [4.69, 9.17) is 0 Å². The van der Waals surface area contributed by atoms with Crippen LogP contribution in [-0.4, -0.2) is 37.9 Å². The van der Waals surface area contributed by atoms with E-state index in [1.165, 1.54) is 16.6 Å². The second-order valence-electron chi connectivity index (χ2n) is 5.59. The number of tetrazole rings is 1. The van der Waals surface area contributed by atoms with E-state index in [9.17, 15) is 4.79 Å². The first-order valence-electron chi connectivity index (χ1n) is 7.95. The molecule has 0 fully saturated rings. The molecule has 3 aromatic rings. The minimum absolute atomic E-state index is 0.0136. The fourth-order valence-corrected chi connectivity index (χ4v) is 3.83. The minimum Gasteiger partial charge on any atom is -0.355 e. The molecule has 0 aliphatic heterocycles. The average molecular weight is 374 g/mol. The van der Waals surface area contributed by atoms with E-state index in [-0.39, 0.29) is 11.2 Å². The first-order chi connectivity index (χ1) is 12.1. The van der Waals surface area contributed by atoms with E-state index in [0.717, 1.165) is 17.7 Å². The van der Waals surface area contributed by atoms with Crippen LogP contribution in [0.15, 0.2) is 46.9 Å². The number of aromatic nitrogens is 4. The summed E-state index contributed by atoms with van der Waals surface area (Å²) in [6.45, 7) is 4.51. The number of nitrogens with one attached hydrogen (secondary N) is 1. The first kappa shape index (κ1) is 17.6. The summed E-state index contributed by atoms with van der Waals surface area (Å²) in [5.74, 6) is -0.0136. The SMILES string of the molecule is Cc1cccc(-n2nnnc2SC(C)C(=O)NCCc2cccs2)c1. The van der Waals surface area contributed by atoms with Crippen molar-refractivity contribution in [1.29, 1.82) is 0 Å². The number of rotatable bonds is 7. The molecule has 0 spiro atoms. The fourth-order valence-electron chi connectivity index (χ4n) is 2.29. The van der Waals surface area contributed by atoms with Crippen LogP contribution < -0.4 is 5.32 Å². The van der Waals surface area contributed by atoms with Crippen LogP contribution in [0, 0.1) is 6.92 Å². The highest BCUT2D eigenvalue weighted by atomic mass is 32.2. The van der Waals surface area contributed by atoms with Crippen molar-refractivity contribution in [1.82, 2.24) is 25.5 Å². The van der Waals surface area contributed by atoms with Gasteiger partial charge in [0.25, 0.3) is 0 Å². The molecule has 1 atom stereocenters. The third-order valence-corrected chi connectivity index (χ3v) is 5.56. The summed E-state index contributed by atoms with van der Waals surface area (Å²) in [4.78, 5) is 13.6. The summed E-state index contributed by atoms with van der Waals surface area (Å²) in [6, 6.07) is 12.0. The van der Waals surface area contributed by atoms with E-state index in [1.807, 2.05) is 49.6 Å². The number of carbonyl (C=O) groups is 1. The van der Waals surface area contributed by atoms with E-state index < -0.39 is 0 Å². The van der Waals surface area contributed by atoms with Crippen LogP contribution in [0.2, 0.25) is 0 Å². The van der Waals surface area contributed by atoms with Crippen molar-refractivity contribution < 1.29 is 4.79 Å². The summed E-state index contributed by atoms with van der Waals surface area (Å²) in [6.07, 6.45) is 0.849. The molecule has 1 aromatic carbocycles. The van der Waals surface area contributed by atoms with Gasteiger partial charge in [-0.15, -0.1) is 16.4 Å². The van der Waals surface area contributed by atoms with E-state index >= 15 is 0 Å². The number of hydrogen-bond acceptors (Lipinski definition) is 6. The highest BCUT2D eigenvalue weighted by Gasteiger charge is 2.19. The Kier molecular flexibility index (Phi) is 5.83. The van der Waals surface area contributed by atoms with E-state index in [0.29, 0.717) is 11.7 Å². The molecule has 1 unspecified atom stereocenters. The van der Waals surface area contributed by atoms with Crippen LogP contribution in [0.4, 0.5) is 0 Å². The number of thiophene rings is 1. The van der Waals surface area contributed by atoms with Crippen molar-refractivity contribution in [2.45, 2.75) is 30.7 Å². The maximum atomic E-state index is 12.3. The van der Waals surface area contributed by atoms with Crippen molar-refractivity contribution in [2.24, 2.45) is 0 Å². The molecule has 0 aliphatic rings. The van der Waals surface area contributed by atoms with Crippen LogP contribution in [0.25, 0.3) is 5.69 Å². The summed E-state index contributed by atoms with van der Waals surface area (Å²) in [5.41, 5.74) is 2.01. The van der Waals surface area contributed by atoms with Crippen LogP contribution >= 0.6 is 23.1 Å². The van der Waals surface area contributed by atoms with Crippen LogP contribution in [0.5, 0.6) is 0 Å². The van der Waals surface area contributed by atoms with Gasteiger partial charge in [0.2, 0.25) is 11.1 Å². The lowest BCUT2D eigenvalue weighted by Crippen LogP contribution is -2.32. The first-order valence-corrected chi connectivity index (χ1v) is 9.71. The molecule has 0 saturated heterocycles. The molecule has 1 N–H and O–H groups in total. The lowest BCUT2D eigenvalue weighted by atomic mass is 10.2. The fraction of sp³-hybridized carbons (Fsp3) is 0.294. The quantitative estimate of drug-likeness (QED) is 0.645. The summed E-state index contributed by atoms with van der Waals surface area (Å²) >= 11 is 3.05. The van der Waals surface area contributed by atoms with Gasteiger partial charge in [-0.2, -0.15) is 4.68 Å². The Hall–Kier alpha value is -2.19. The molecule has 0 bridgehead atoms. The average Bonchev–Trinajstić information content (AvgIpc) is 3.26. The number of aryl methyl sites for hydroxylation is 1. The van der Waals surface area contributed by atoms with Gasteiger partial charge in [0.1, 0.15) is 0 Å². The Labute approximate surface area is 154 Å². The number of nitrogens with zero attached hydrogens (tertiary/aromatic N) is 4. The van der Waals surface area contributed by atoms with E-state index in [2.05, 4.69) is 26.9 Å². The number of thioether (sulfide) groups is 1. The molecule has 130 valence electrons. The van der Waals surface area contributed by atoms with Gasteiger partial charge < -0.3 is 5.32 Å². The van der Waals surface area contributed by atoms with Crippen LogP contribution in [0.3, 0.4) is 0 Å². The van der Waals surface area contributed by atoms with Crippen LogP contribution in [-0.2, 0) is 11.2 Å². The third kappa shape index (κ3) is 4.67. The second kappa shape index (κ2) is 8.26. The standard InChI is InChI=1S/C17H19N5OS2/c1-12-5-3-6-14(11-12)22-17(19-20-21-22)25-13(2)16(23)18-9-8-15-7-4-10-24-15/h3-7,10-11,13H,8-9H2,1-2H3,(H,18,23). The molecule has 25 heavy (non-hydrogen) atoms. The Balaban J connectivity index is 1.58. The van der Waals surface area contributed by atoms with Crippen molar-refractivity contribution in [2.75, 3.05) is 6.54 Å². The number of amides is 1. The summed E-state index contributed by atoms with van der Waals surface area (Å²) in [7, 11) is 0. The molecule has 0 radical (unpaired) electrons. The minimum atomic E-state index is -0.280. The van der Waals surface area contributed by atoms with Crippen molar-refractivity contribution in [3.05, 3.63) is 52.2 Å². The zero-order chi connectivity index (χ0) is 17.6. The van der Waals surface area contributed by atoms with Gasteiger partial charge in [0.15, 0.2) is 0 Å². The van der Waals surface area contributed by atoms with Gasteiger partial charge in [-0.1, -0.05) is 30.0 Å². The zero-order valence-corrected chi connectivity index (χ0v) is 15.7. The topological polar surface area (TPSA) is 72.7 Å². The molecule has 3 rings (SSSR count). The van der Waals surface area contributed by atoms with E-state index in [1.54, 1.807) is 16.0 Å². The molecule has 2 heterocycles. The van der Waals surface area contributed by atoms with Gasteiger partial charge in [0.05, 0.1) is 10.9 Å². The number of carbonyl (C=O) groups excluding carboxylic acids is 1. The summed E-state index contributed by atoms with van der Waals surface area (Å²) in [5, 5.41) is 17.2. The Morgan fingerprint density at radius 1 is 1.36 bits per heavy atom. The second-order valence-corrected chi connectivity index (χ2v) is 7.93.